The van der Waals surface area contributed by atoms with Crippen molar-refractivity contribution in [2.24, 2.45) is 0 Å². The van der Waals surface area contributed by atoms with Crippen molar-refractivity contribution in [1.82, 2.24) is 0 Å². The molecule has 6 N–H and O–H groups in total. The minimum atomic E-state index is -5.38. The van der Waals surface area contributed by atoms with Crippen molar-refractivity contribution < 1.29 is 62.1 Å². The van der Waals surface area contributed by atoms with Crippen LogP contribution in [0.15, 0.2) is 43.8 Å². The first-order valence-corrected chi connectivity index (χ1v) is 12.6. The zero-order valence-corrected chi connectivity index (χ0v) is 17.2. The SMILES string of the molecule is O=S(=O)(O)c1cc(-c2cc(S(=O)(=O)O)c(O)c(S(=O)(=O)O)c2)c(O)c(S(=O)(=O)O)c1. The molecule has 30 heavy (non-hydrogen) atoms. The summed E-state index contributed by atoms with van der Waals surface area (Å²) in [6, 6.07) is 1.07. The number of hydrogen-bond acceptors (Lipinski definition) is 10. The van der Waals surface area contributed by atoms with Gasteiger partial charge in [-0.15, -0.1) is 0 Å². The van der Waals surface area contributed by atoms with Crippen LogP contribution in [0.1, 0.15) is 0 Å². The normalized spacial score (nSPS) is 13.3. The molecule has 0 heterocycles. The lowest BCUT2D eigenvalue weighted by Crippen LogP contribution is -2.07. The van der Waals surface area contributed by atoms with E-state index in [4.69, 9.17) is 18.2 Å². The highest BCUT2D eigenvalue weighted by Crippen LogP contribution is 2.41. The molecule has 0 amide bonds. The fourth-order valence-corrected chi connectivity index (χ4v) is 4.84. The molecule has 0 saturated carbocycles. The van der Waals surface area contributed by atoms with E-state index in [9.17, 15) is 43.9 Å². The predicted octanol–water partition coefficient (Wildman–Crippen LogP) is -0.248. The van der Waals surface area contributed by atoms with E-state index in [1.807, 2.05) is 0 Å². The first-order valence-electron chi connectivity index (χ1n) is 6.89. The van der Waals surface area contributed by atoms with Gasteiger partial charge in [-0.05, 0) is 29.8 Å². The van der Waals surface area contributed by atoms with Gasteiger partial charge in [0.05, 0.1) is 4.90 Å². The lowest BCUT2D eigenvalue weighted by Gasteiger charge is -2.13. The second-order valence-corrected chi connectivity index (χ2v) is 11.1. The average Bonchev–Trinajstić information content (AvgIpc) is 2.51. The number of phenolic OH excluding ortho intramolecular Hbond substituents is 2. The van der Waals surface area contributed by atoms with Crippen LogP contribution in [0.5, 0.6) is 11.5 Å². The topological polar surface area (TPSA) is 258 Å². The van der Waals surface area contributed by atoms with Crippen molar-refractivity contribution in [3.05, 3.63) is 24.3 Å². The molecule has 0 aromatic heterocycles. The Morgan fingerprint density at radius 2 is 0.867 bits per heavy atom. The summed E-state index contributed by atoms with van der Waals surface area (Å²) >= 11 is 0. The summed E-state index contributed by atoms with van der Waals surface area (Å²) in [6.45, 7) is 0. The van der Waals surface area contributed by atoms with Gasteiger partial charge >= 0.3 is 0 Å². The van der Waals surface area contributed by atoms with Crippen LogP contribution in [0.3, 0.4) is 0 Å². The Morgan fingerprint density at radius 1 is 0.500 bits per heavy atom. The van der Waals surface area contributed by atoms with E-state index in [2.05, 4.69) is 0 Å². The van der Waals surface area contributed by atoms with Gasteiger partial charge in [0.2, 0.25) is 0 Å². The van der Waals surface area contributed by atoms with Crippen LogP contribution in [0.4, 0.5) is 0 Å². The second kappa shape index (κ2) is 7.13. The summed E-state index contributed by atoms with van der Waals surface area (Å²) in [7, 11) is -21.3. The van der Waals surface area contributed by atoms with Crippen molar-refractivity contribution in [3.8, 4) is 22.6 Å². The van der Waals surface area contributed by atoms with Crippen LogP contribution in [0, 0.1) is 0 Å². The summed E-state index contributed by atoms with van der Waals surface area (Å²) in [5.74, 6) is -3.08. The zero-order valence-electron chi connectivity index (χ0n) is 13.9. The number of rotatable bonds is 5. The Hall–Kier alpha value is -2.32. The summed E-state index contributed by atoms with van der Waals surface area (Å²) in [6.07, 6.45) is 0. The average molecular weight is 506 g/mol. The van der Waals surface area contributed by atoms with Crippen molar-refractivity contribution in [2.75, 3.05) is 0 Å². The van der Waals surface area contributed by atoms with Gasteiger partial charge < -0.3 is 10.2 Å². The second-order valence-electron chi connectivity index (χ2n) is 5.54. The largest absolute Gasteiger partial charge is 0.506 e. The number of phenols is 2. The molecular weight excluding hydrogens is 496 g/mol. The lowest BCUT2D eigenvalue weighted by atomic mass is 10.0. The number of benzene rings is 2. The molecule has 0 spiro atoms. The maximum atomic E-state index is 11.4. The molecule has 0 atom stereocenters. The van der Waals surface area contributed by atoms with E-state index < -0.39 is 82.7 Å². The molecule has 2 aromatic rings. The highest BCUT2D eigenvalue weighted by Gasteiger charge is 2.29. The van der Waals surface area contributed by atoms with Crippen LogP contribution >= 0.6 is 0 Å². The van der Waals surface area contributed by atoms with Gasteiger partial charge in [-0.2, -0.15) is 33.7 Å². The molecule has 0 bridgehead atoms. The quantitative estimate of drug-likeness (QED) is 0.286. The maximum Gasteiger partial charge on any atom is 0.298 e. The monoisotopic (exact) mass is 506 g/mol. The molecule has 0 aliphatic rings. The van der Waals surface area contributed by atoms with Gasteiger partial charge in [-0.1, -0.05) is 0 Å². The minimum absolute atomic E-state index is 0.136. The van der Waals surface area contributed by atoms with E-state index >= 15 is 0 Å². The fourth-order valence-electron chi connectivity index (χ4n) is 2.28. The van der Waals surface area contributed by atoms with Crippen LogP contribution in [-0.4, -0.2) is 62.1 Å². The smallest absolute Gasteiger partial charge is 0.298 e. The Kier molecular flexibility index (Phi) is 5.69. The molecule has 0 unspecified atom stereocenters. The molecule has 14 nitrogen and oxygen atoms in total. The molecule has 0 radical (unpaired) electrons. The number of aromatic hydroxyl groups is 2. The highest BCUT2D eigenvalue weighted by molar-refractivity contribution is 7.87. The Balaban J connectivity index is 3.15. The molecule has 0 saturated heterocycles. The molecule has 166 valence electrons. The van der Waals surface area contributed by atoms with E-state index in [1.165, 1.54) is 0 Å². The molecule has 18 heteroatoms. The summed E-state index contributed by atoms with van der Waals surface area (Å²) < 4.78 is 128. The van der Waals surface area contributed by atoms with E-state index in [0.717, 1.165) is 0 Å². The Morgan fingerprint density at radius 3 is 1.20 bits per heavy atom. The van der Waals surface area contributed by atoms with Gasteiger partial charge in [-0.3, -0.25) is 18.2 Å². The van der Waals surface area contributed by atoms with Crippen LogP contribution in [0.2, 0.25) is 0 Å². The third kappa shape index (κ3) is 4.70. The third-order valence-corrected chi connectivity index (χ3v) is 6.96. The Bertz CT molecular complexity index is 1430. The van der Waals surface area contributed by atoms with Crippen molar-refractivity contribution >= 4 is 40.5 Å². The maximum absolute atomic E-state index is 11.4. The molecule has 0 fully saturated rings. The molecule has 2 aromatic carbocycles. The van der Waals surface area contributed by atoms with Crippen molar-refractivity contribution in [2.45, 2.75) is 19.6 Å². The molecule has 2 rings (SSSR count). The predicted molar refractivity (Wildman–Crippen MR) is 94.5 cm³/mol. The standard InChI is InChI=1S/C12H10O14S4/c13-11-7(3-6(27(15,16)17)4-10(11)30(24,25)26)5-1-8(28(18,19)20)12(14)9(2-5)29(21,22)23/h1-4,13-14H,(H,15,16,17)(H,18,19,20)(H,21,22,23)(H,24,25,26). The van der Waals surface area contributed by atoms with E-state index in [1.54, 1.807) is 0 Å². The molecule has 0 aliphatic carbocycles. The molecule has 0 aliphatic heterocycles. The van der Waals surface area contributed by atoms with Crippen LogP contribution in [0.25, 0.3) is 11.1 Å². The summed E-state index contributed by atoms with van der Waals surface area (Å²) in [4.78, 5) is -5.78. The minimum Gasteiger partial charge on any atom is -0.506 e. The lowest BCUT2D eigenvalue weighted by molar-refractivity contribution is 0.422. The van der Waals surface area contributed by atoms with Gasteiger partial charge in [0.25, 0.3) is 40.5 Å². The van der Waals surface area contributed by atoms with Gasteiger partial charge in [0.15, 0.2) is 5.75 Å². The van der Waals surface area contributed by atoms with Crippen LogP contribution in [-0.2, 0) is 40.5 Å². The van der Waals surface area contributed by atoms with Gasteiger partial charge in [-0.25, -0.2) is 0 Å². The third-order valence-electron chi connectivity index (χ3n) is 3.53. The highest BCUT2D eigenvalue weighted by atomic mass is 32.2. The van der Waals surface area contributed by atoms with Crippen molar-refractivity contribution in [3.63, 3.8) is 0 Å². The summed E-state index contributed by atoms with van der Waals surface area (Å²) in [5.41, 5.74) is -1.87. The molecular formula is C12H10O14S4. The van der Waals surface area contributed by atoms with Crippen molar-refractivity contribution in [1.29, 1.82) is 0 Å². The first-order chi connectivity index (χ1) is 13.2. The van der Waals surface area contributed by atoms with E-state index in [-0.39, 0.29) is 18.2 Å². The van der Waals surface area contributed by atoms with E-state index in [0.29, 0.717) is 6.07 Å². The first kappa shape index (κ1) is 24.0. The van der Waals surface area contributed by atoms with Crippen LogP contribution < -0.4 is 0 Å². The van der Waals surface area contributed by atoms with Gasteiger partial charge in [0.1, 0.15) is 20.4 Å². The zero-order chi connectivity index (χ0) is 23.4. The summed E-state index contributed by atoms with van der Waals surface area (Å²) in [5, 5.41) is 19.9. The fraction of sp³-hybridized carbons (Fsp3) is 0. The number of hydrogen-bond donors (Lipinski definition) is 6. The van der Waals surface area contributed by atoms with Gasteiger partial charge in [0, 0.05) is 5.56 Å². The Labute approximate surface area is 169 Å².